The molecule has 1 aromatic heterocycles. The van der Waals surface area contributed by atoms with Crippen molar-refractivity contribution in [1.82, 2.24) is 34.9 Å². The van der Waals surface area contributed by atoms with Crippen LogP contribution in [-0.4, -0.2) is 138 Å². The highest BCUT2D eigenvalue weighted by Gasteiger charge is 2.46. The van der Waals surface area contributed by atoms with Crippen LogP contribution in [0, 0.1) is 17.3 Å². The predicted molar refractivity (Wildman–Crippen MR) is 228 cm³/mol. The number of piperidine rings is 1. The minimum Gasteiger partial charge on any atom is -0.453 e. The Balaban J connectivity index is 0.975. The first kappa shape index (κ1) is 45.7. The summed E-state index contributed by atoms with van der Waals surface area (Å²) in [5.41, 5.74) is 2.18. The van der Waals surface area contributed by atoms with E-state index in [1.807, 2.05) is 18.7 Å². The number of benzene rings is 2. The van der Waals surface area contributed by atoms with E-state index < -0.39 is 36.3 Å². The second-order valence-electron chi connectivity index (χ2n) is 18.1. The van der Waals surface area contributed by atoms with Crippen LogP contribution < -0.4 is 15.4 Å². The van der Waals surface area contributed by atoms with Gasteiger partial charge in [0.2, 0.25) is 11.8 Å². The van der Waals surface area contributed by atoms with Crippen LogP contribution >= 0.6 is 0 Å². The number of rotatable bonds is 11. The molecule has 18 heteroatoms. The molecular formula is C45H59F3N8O7. The molecule has 1 aliphatic carbocycles. The fourth-order valence-electron chi connectivity index (χ4n) is 9.37. The Morgan fingerprint density at radius 2 is 1.59 bits per heavy atom. The maximum absolute atomic E-state index is 13.8. The summed E-state index contributed by atoms with van der Waals surface area (Å²) >= 11 is 0. The van der Waals surface area contributed by atoms with Crippen LogP contribution in [0.4, 0.5) is 28.4 Å². The number of anilines is 1. The molecule has 3 saturated heterocycles. The number of hydrogen-bond acceptors (Lipinski definition) is 9. The van der Waals surface area contributed by atoms with Crippen molar-refractivity contribution in [2.24, 2.45) is 17.3 Å². The number of urea groups is 1. The number of carbonyl (C=O) groups is 4. The third-order valence-electron chi connectivity index (χ3n) is 13.4. The van der Waals surface area contributed by atoms with Crippen molar-refractivity contribution < 1.29 is 46.6 Å². The Morgan fingerprint density at radius 3 is 2.17 bits per heavy atom. The Bertz CT molecular complexity index is 2110. The summed E-state index contributed by atoms with van der Waals surface area (Å²) in [6, 6.07) is 9.61. The molecule has 342 valence electrons. The van der Waals surface area contributed by atoms with Crippen molar-refractivity contribution in [3.8, 4) is 28.1 Å². The minimum absolute atomic E-state index is 0.0753. The third kappa shape index (κ3) is 10.4. The van der Waals surface area contributed by atoms with Gasteiger partial charge < -0.3 is 44.5 Å². The van der Waals surface area contributed by atoms with E-state index in [9.17, 15) is 32.3 Å². The van der Waals surface area contributed by atoms with E-state index in [2.05, 4.69) is 44.1 Å². The van der Waals surface area contributed by atoms with Gasteiger partial charge in [0.25, 0.3) is 0 Å². The number of aromatic amines is 1. The van der Waals surface area contributed by atoms with E-state index in [1.165, 1.54) is 19.2 Å². The standard InChI is InChI=1S/C45H59F3N8O7/c1-27(2)38(52-43(60)62-6)41(58)56-26-32(61-5)24-36(56)39-49-25-35(51-39)29-9-7-28(8-10-29)33-12-11-30(23-37(33)63-45(46,47)48)50-42(59)55-17-14-31(15-18-55)53-19-21-54(22-20-53)40(57)34-13-16-44(34,3)4/h7-12,23,25,27,31-32,34,36,38H,13-22,24,26H2,1-6H3,(H,49,51)(H,50,59)(H,52,60)/t32-,34+,36-,38?/m0/s1. The highest BCUT2D eigenvalue weighted by Crippen LogP contribution is 2.47. The van der Waals surface area contributed by atoms with Crippen molar-refractivity contribution in [1.29, 1.82) is 0 Å². The summed E-state index contributed by atoms with van der Waals surface area (Å²) in [5, 5.41) is 5.40. The van der Waals surface area contributed by atoms with Gasteiger partial charge in [-0.05, 0) is 60.3 Å². The molecule has 7 rings (SSSR count). The molecule has 5 amide bonds. The number of ether oxygens (including phenoxy) is 3. The Kier molecular flexibility index (Phi) is 13.6. The Labute approximate surface area is 366 Å². The van der Waals surface area contributed by atoms with Gasteiger partial charge in [-0.3, -0.25) is 14.5 Å². The fourth-order valence-corrected chi connectivity index (χ4v) is 9.37. The number of nitrogens with zero attached hydrogens (tertiary/aromatic N) is 5. The van der Waals surface area contributed by atoms with Gasteiger partial charge in [-0.15, -0.1) is 13.2 Å². The lowest BCUT2D eigenvalue weighted by molar-refractivity contribution is -0.274. The highest BCUT2D eigenvalue weighted by atomic mass is 19.4. The SMILES string of the molecule is COC(=O)NC(C(=O)N1C[C@@H](OC)C[C@H]1c1ncc(-c2ccc(-c3ccc(NC(=O)N4CCC(N5CCN(C(=O)[C@H]6CCC6(C)C)CC5)CC4)cc3OC(F)(F)F)cc2)[nH]1)C(C)C. The number of likely N-dealkylation sites (tertiary alicyclic amines) is 2. The molecule has 1 unspecified atom stereocenters. The monoisotopic (exact) mass is 880 g/mol. The zero-order chi connectivity index (χ0) is 45.2. The lowest BCUT2D eigenvalue weighted by Gasteiger charge is -2.48. The quantitative estimate of drug-likeness (QED) is 0.186. The zero-order valence-electron chi connectivity index (χ0n) is 36.8. The molecule has 3 N–H and O–H groups in total. The normalized spacial score (nSPS) is 22.4. The summed E-state index contributed by atoms with van der Waals surface area (Å²) < 4.78 is 56.1. The first-order valence-electron chi connectivity index (χ1n) is 21.8. The number of alkyl halides is 3. The second kappa shape index (κ2) is 18.8. The van der Waals surface area contributed by atoms with E-state index in [1.54, 1.807) is 53.4 Å². The molecule has 0 bridgehead atoms. The maximum Gasteiger partial charge on any atom is 0.573 e. The van der Waals surface area contributed by atoms with E-state index in [0.29, 0.717) is 61.8 Å². The van der Waals surface area contributed by atoms with Crippen molar-refractivity contribution in [3.05, 3.63) is 54.5 Å². The van der Waals surface area contributed by atoms with Gasteiger partial charge in [0.1, 0.15) is 17.6 Å². The minimum atomic E-state index is -4.99. The van der Waals surface area contributed by atoms with Gasteiger partial charge >= 0.3 is 18.5 Å². The number of hydrogen-bond donors (Lipinski definition) is 3. The molecule has 63 heavy (non-hydrogen) atoms. The molecule has 4 atom stereocenters. The average molecular weight is 881 g/mol. The van der Waals surface area contributed by atoms with Crippen LogP contribution in [0.2, 0.25) is 0 Å². The largest absolute Gasteiger partial charge is 0.573 e. The predicted octanol–water partition coefficient (Wildman–Crippen LogP) is 6.89. The second-order valence-corrected chi connectivity index (χ2v) is 18.1. The number of nitrogens with one attached hydrogen (secondary N) is 3. The summed E-state index contributed by atoms with van der Waals surface area (Å²) in [6.45, 7) is 12.3. The number of methoxy groups -OCH3 is 2. The molecule has 0 spiro atoms. The number of carbonyl (C=O) groups excluding carboxylic acids is 4. The van der Waals surface area contributed by atoms with Crippen molar-refractivity contribution in [2.45, 2.75) is 90.4 Å². The zero-order valence-corrected chi connectivity index (χ0v) is 36.8. The molecular weight excluding hydrogens is 822 g/mol. The van der Waals surface area contributed by atoms with E-state index in [0.717, 1.165) is 38.8 Å². The van der Waals surface area contributed by atoms with Gasteiger partial charge in [-0.1, -0.05) is 52.0 Å². The Hall–Kier alpha value is -5.36. The van der Waals surface area contributed by atoms with E-state index >= 15 is 0 Å². The molecule has 15 nitrogen and oxygen atoms in total. The molecule has 4 heterocycles. The number of halogens is 3. The van der Waals surface area contributed by atoms with Gasteiger partial charge in [-0.2, -0.15) is 0 Å². The summed E-state index contributed by atoms with van der Waals surface area (Å²) in [5.74, 6) is -0.0896. The van der Waals surface area contributed by atoms with E-state index in [-0.39, 0.29) is 52.5 Å². The summed E-state index contributed by atoms with van der Waals surface area (Å²) in [4.78, 5) is 67.9. The summed E-state index contributed by atoms with van der Waals surface area (Å²) in [7, 11) is 2.81. The van der Waals surface area contributed by atoms with Gasteiger partial charge in [0.15, 0.2) is 0 Å². The van der Waals surface area contributed by atoms with Gasteiger partial charge in [-0.25, -0.2) is 14.6 Å². The lowest BCUT2D eigenvalue weighted by atomic mass is 9.62. The van der Waals surface area contributed by atoms with Gasteiger partial charge in [0, 0.05) is 88.6 Å². The molecule has 3 aliphatic heterocycles. The Morgan fingerprint density at radius 1 is 0.905 bits per heavy atom. The van der Waals surface area contributed by atoms with Crippen LogP contribution in [-0.2, 0) is 19.1 Å². The molecule has 0 radical (unpaired) electrons. The van der Waals surface area contributed by atoms with Crippen molar-refractivity contribution >= 4 is 29.6 Å². The van der Waals surface area contributed by atoms with Gasteiger partial charge in [0.05, 0.1) is 31.1 Å². The third-order valence-corrected chi connectivity index (χ3v) is 13.4. The smallest absolute Gasteiger partial charge is 0.453 e. The number of imidazole rings is 1. The lowest BCUT2D eigenvalue weighted by Crippen LogP contribution is -2.57. The number of amides is 5. The maximum atomic E-state index is 13.8. The van der Waals surface area contributed by atoms with Crippen LogP contribution in [0.3, 0.4) is 0 Å². The highest BCUT2D eigenvalue weighted by molar-refractivity contribution is 5.91. The summed E-state index contributed by atoms with van der Waals surface area (Å²) in [6.07, 6.45) is -0.301. The van der Waals surface area contributed by atoms with Crippen molar-refractivity contribution in [2.75, 3.05) is 65.3 Å². The first-order valence-corrected chi connectivity index (χ1v) is 21.8. The molecule has 3 aromatic rings. The van der Waals surface area contributed by atoms with Crippen LogP contribution in [0.5, 0.6) is 5.75 Å². The molecule has 1 saturated carbocycles. The number of aromatic nitrogens is 2. The van der Waals surface area contributed by atoms with E-state index in [4.69, 9.17) is 9.47 Å². The number of H-pyrrole nitrogens is 1. The topological polar surface area (TPSA) is 162 Å². The number of alkyl carbamates (subject to hydrolysis) is 1. The number of piperazine rings is 1. The molecule has 4 aliphatic rings. The van der Waals surface area contributed by atoms with Crippen LogP contribution in [0.25, 0.3) is 22.4 Å². The van der Waals surface area contributed by atoms with Crippen LogP contribution in [0.1, 0.15) is 71.7 Å². The average Bonchev–Trinajstić information content (AvgIpc) is 3.93. The van der Waals surface area contributed by atoms with Crippen LogP contribution in [0.15, 0.2) is 48.7 Å². The molecule has 4 fully saturated rings. The van der Waals surface area contributed by atoms with Crippen molar-refractivity contribution in [3.63, 3.8) is 0 Å². The first-order chi connectivity index (χ1) is 29.9. The fraction of sp³-hybridized carbons (Fsp3) is 0.578. The molecule has 2 aromatic carbocycles.